The van der Waals surface area contributed by atoms with Gasteiger partial charge in [0.15, 0.2) is 0 Å². The lowest BCUT2D eigenvalue weighted by Crippen LogP contribution is -1.98. The standard InChI is InChI=1S/C15H13NOS/c1-2-12-16-13-8-10-15(11-9-13)18(17)14-6-4-3-5-7-14/h1,3-11,16H,12H2. The largest absolute Gasteiger partial charge is 0.374 e. The van der Waals surface area contributed by atoms with Crippen LogP contribution in [0.2, 0.25) is 0 Å². The Balaban J connectivity index is 2.15. The molecular weight excluding hydrogens is 242 g/mol. The van der Waals surface area contributed by atoms with Gasteiger partial charge in [0.1, 0.15) is 0 Å². The Labute approximate surface area is 110 Å². The van der Waals surface area contributed by atoms with Crippen molar-refractivity contribution in [1.29, 1.82) is 0 Å². The molecule has 0 aliphatic rings. The van der Waals surface area contributed by atoms with Crippen LogP contribution in [0.15, 0.2) is 64.4 Å². The van der Waals surface area contributed by atoms with Gasteiger partial charge >= 0.3 is 0 Å². The maximum Gasteiger partial charge on any atom is 0.0849 e. The highest BCUT2D eigenvalue weighted by Gasteiger charge is 2.05. The van der Waals surface area contributed by atoms with Crippen LogP contribution in [0.25, 0.3) is 0 Å². The summed E-state index contributed by atoms with van der Waals surface area (Å²) in [6.45, 7) is 0.487. The minimum atomic E-state index is -1.13. The molecule has 0 amide bonds. The third kappa shape index (κ3) is 2.99. The lowest BCUT2D eigenvalue weighted by atomic mass is 10.3. The SMILES string of the molecule is C#CCNc1ccc(S(=O)c2ccccc2)cc1. The van der Waals surface area contributed by atoms with Crippen LogP contribution in [-0.2, 0) is 10.8 Å². The van der Waals surface area contributed by atoms with Crippen molar-refractivity contribution in [3.8, 4) is 12.3 Å². The molecule has 0 heterocycles. The van der Waals surface area contributed by atoms with Crippen LogP contribution in [0.5, 0.6) is 0 Å². The highest BCUT2D eigenvalue weighted by Crippen LogP contribution is 2.18. The zero-order valence-electron chi connectivity index (χ0n) is 9.80. The quantitative estimate of drug-likeness (QED) is 0.851. The molecule has 0 aliphatic heterocycles. The number of hydrogen-bond donors (Lipinski definition) is 1. The van der Waals surface area contributed by atoms with Crippen molar-refractivity contribution in [2.75, 3.05) is 11.9 Å². The summed E-state index contributed by atoms with van der Waals surface area (Å²) in [5.74, 6) is 2.51. The van der Waals surface area contributed by atoms with Crippen molar-refractivity contribution in [3.05, 3.63) is 54.6 Å². The number of benzene rings is 2. The van der Waals surface area contributed by atoms with Crippen LogP contribution in [0.4, 0.5) is 5.69 Å². The first kappa shape index (κ1) is 12.4. The molecule has 18 heavy (non-hydrogen) atoms. The fraction of sp³-hybridized carbons (Fsp3) is 0.0667. The van der Waals surface area contributed by atoms with Gasteiger partial charge in [0.2, 0.25) is 0 Å². The van der Waals surface area contributed by atoms with E-state index in [2.05, 4.69) is 11.2 Å². The Hall–Kier alpha value is -2.05. The summed E-state index contributed by atoms with van der Waals surface area (Å²) in [5, 5.41) is 3.07. The number of rotatable bonds is 4. The van der Waals surface area contributed by atoms with Crippen LogP contribution < -0.4 is 5.32 Å². The van der Waals surface area contributed by atoms with Gasteiger partial charge in [-0.05, 0) is 36.4 Å². The highest BCUT2D eigenvalue weighted by molar-refractivity contribution is 7.85. The predicted octanol–water partition coefficient (Wildman–Crippen LogP) is 2.90. The molecule has 0 bridgehead atoms. The Morgan fingerprint density at radius 1 is 1.00 bits per heavy atom. The fourth-order valence-corrected chi connectivity index (χ4v) is 2.59. The Kier molecular flexibility index (Phi) is 4.16. The predicted molar refractivity (Wildman–Crippen MR) is 74.9 cm³/mol. The summed E-state index contributed by atoms with van der Waals surface area (Å²) >= 11 is 0. The Bertz CT molecular complexity index is 570. The van der Waals surface area contributed by atoms with E-state index in [9.17, 15) is 4.21 Å². The second-order valence-corrected chi connectivity index (χ2v) is 5.14. The number of anilines is 1. The van der Waals surface area contributed by atoms with Crippen LogP contribution in [0.1, 0.15) is 0 Å². The first-order valence-electron chi connectivity index (χ1n) is 5.55. The van der Waals surface area contributed by atoms with E-state index in [-0.39, 0.29) is 0 Å². The minimum Gasteiger partial charge on any atom is -0.374 e. The Morgan fingerprint density at radius 3 is 2.22 bits per heavy atom. The molecule has 2 rings (SSSR count). The van der Waals surface area contributed by atoms with Gasteiger partial charge in [0.05, 0.1) is 17.3 Å². The van der Waals surface area contributed by atoms with Crippen LogP contribution in [-0.4, -0.2) is 10.8 Å². The van der Waals surface area contributed by atoms with Gasteiger partial charge in [-0.2, -0.15) is 0 Å². The van der Waals surface area contributed by atoms with Gasteiger partial charge in [-0.15, -0.1) is 6.42 Å². The molecule has 0 aromatic heterocycles. The Morgan fingerprint density at radius 2 is 1.61 bits per heavy atom. The van der Waals surface area contributed by atoms with Crippen LogP contribution in [0, 0.1) is 12.3 Å². The molecule has 0 spiro atoms. The molecule has 90 valence electrons. The summed E-state index contributed by atoms with van der Waals surface area (Å²) in [7, 11) is -1.13. The van der Waals surface area contributed by atoms with Crippen molar-refractivity contribution in [2.45, 2.75) is 9.79 Å². The van der Waals surface area contributed by atoms with Crippen molar-refractivity contribution >= 4 is 16.5 Å². The molecule has 2 aromatic carbocycles. The molecule has 2 aromatic rings. The second-order valence-electron chi connectivity index (χ2n) is 3.66. The number of terminal acetylenes is 1. The van der Waals surface area contributed by atoms with Gasteiger partial charge in [-0.25, -0.2) is 4.21 Å². The van der Waals surface area contributed by atoms with Crippen molar-refractivity contribution in [1.82, 2.24) is 0 Å². The molecule has 1 N–H and O–H groups in total. The molecule has 1 atom stereocenters. The maximum absolute atomic E-state index is 12.2. The number of nitrogens with one attached hydrogen (secondary N) is 1. The van der Waals surface area contributed by atoms with Crippen LogP contribution in [0.3, 0.4) is 0 Å². The first-order chi connectivity index (χ1) is 8.81. The van der Waals surface area contributed by atoms with Gasteiger partial charge in [0, 0.05) is 15.5 Å². The first-order valence-corrected chi connectivity index (χ1v) is 6.70. The average molecular weight is 255 g/mol. The van der Waals surface area contributed by atoms with E-state index >= 15 is 0 Å². The molecule has 0 saturated carbocycles. The minimum absolute atomic E-state index is 0.487. The smallest absolute Gasteiger partial charge is 0.0849 e. The van der Waals surface area contributed by atoms with Gasteiger partial charge in [0.25, 0.3) is 0 Å². The van der Waals surface area contributed by atoms with Gasteiger partial charge < -0.3 is 5.32 Å². The van der Waals surface area contributed by atoms with E-state index < -0.39 is 10.8 Å². The molecule has 0 fully saturated rings. The monoisotopic (exact) mass is 255 g/mol. The van der Waals surface area contributed by atoms with E-state index in [0.717, 1.165) is 15.5 Å². The van der Waals surface area contributed by atoms with E-state index in [1.165, 1.54) is 0 Å². The molecule has 2 nitrogen and oxygen atoms in total. The third-order valence-corrected chi connectivity index (χ3v) is 3.82. The molecule has 0 saturated heterocycles. The summed E-state index contributed by atoms with van der Waals surface area (Å²) in [6, 6.07) is 16.9. The normalized spacial score (nSPS) is 11.5. The molecular formula is C15H13NOS. The highest BCUT2D eigenvalue weighted by atomic mass is 32.2. The lowest BCUT2D eigenvalue weighted by molar-refractivity contribution is 0.683. The van der Waals surface area contributed by atoms with Crippen molar-refractivity contribution < 1.29 is 4.21 Å². The van der Waals surface area contributed by atoms with E-state index in [0.29, 0.717) is 6.54 Å². The maximum atomic E-state index is 12.2. The summed E-state index contributed by atoms with van der Waals surface area (Å²) in [6.07, 6.45) is 5.17. The van der Waals surface area contributed by atoms with Crippen LogP contribution >= 0.6 is 0 Å². The second kappa shape index (κ2) is 6.04. The molecule has 1 unspecified atom stereocenters. The summed E-state index contributed by atoms with van der Waals surface area (Å²) in [4.78, 5) is 1.59. The van der Waals surface area contributed by atoms with Crippen molar-refractivity contribution in [3.63, 3.8) is 0 Å². The summed E-state index contributed by atoms with van der Waals surface area (Å²) < 4.78 is 12.2. The average Bonchev–Trinajstić information content (AvgIpc) is 2.46. The van der Waals surface area contributed by atoms with E-state index in [1.54, 1.807) is 0 Å². The topological polar surface area (TPSA) is 29.1 Å². The van der Waals surface area contributed by atoms with E-state index in [1.807, 2.05) is 54.6 Å². The molecule has 3 heteroatoms. The van der Waals surface area contributed by atoms with Crippen molar-refractivity contribution in [2.24, 2.45) is 0 Å². The zero-order chi connectivity index (χ0) is 12.8. The van der Waals surface area contributed by atoms with Gasteiger partial charge in [-0.3, -0.25) is 0 Å². The molecule has 0 radical (unpaired) electrons. The number of hydrogen-bond acceptors (Lipinski definition) is 2. The van der Waals surface area contributed by atoms with Gasteiger partial charge in [-0.1, -0.05) is 24.1 Å². The lowest BCUT2D eigenvalue weighted by Gasteiger charge is -2.05. The molecule has 0 aliphatic carbocycles. The summed E-state index contributed by atoms with van der Waals surface area (Å²) in [5.41, 5.74) is 0.932. The fourth-order valence-electron chi connectivity index (χ4n) is 1.53. The third-order valence-electron chi connectivity index (χ3n) is 2.42. The van der Waals surface area contributed by atoms with E-state index in [4.69, 9.17) is 6.42 Å². The zero-order valence-corrected chi connectivity index (χ0v) is 10.6.